The molecule has 1 aromatic carbocycles. The van der Waals surface area contributed by atoms with E-state index in [-0.39, 0.29) is 12.4 Å². The predicted molar refractivity (Wildman–Crippen MR) is 84.6 cm³/mol. The first-order valence-electron chi connectivity index (χ1n) is 5.80. The van der Waals surface area contributed by atoms with Crippen molar-refractivity contribution in [3.63, 3.8) is 0 Å². The van der Waals surface area contributed by atoms with Gasteiger partial charge in [0.15, 0.2) is 0 Å². The Balaban J connectivity index is 0.00000200. The molecule has 0 aliphatic carbocycles. The number of rotatable bonds is 5. The summed E-state index contributed by atoms with van der Waals surface area (Å²) >= 11 is 11.9. The van der Waals surface area contributed by atoms with Gasteiger partial charge in [-0.05, 0) is 24.1 Å². The van der Waals surface area contributed by atoms with Gasteiger partial charge in [-0.3, -0.25) is 0 Å². The molecule has 1 unspecified atom stereocenters. The quantitative estimate of drug-likeness (QED) is 0.837. The molecular weight excluding hydrogens is 319 g/mol. The third-order valence-electron chi connectivity index (χ3n) is 2.94. The SMILES string of the molecule is C=CCC(O)(Cn1ccnc1)c1ccc(Cl)c(Cl)c1.Cl. The van der Waals surface area contributed by atoms with Gasteiger partial charge in [-0.1, -0.05) is 35.3 Å². The molecule has 2 aromatic rings. The van der Waals surface area contributed by atoms with Crippen LogP contribution in [0, 0.1) is 0 Å². The first-order valence-corrected chi connectivity index (χ1v) is 6.55. The highest BCUT2D eigenvalue weighted by molar-refractivity contribution is 6.42. The number of aromatic nitrogens is 2. The van der Waals surface area contributed by atoms with Gasteiger partial charge in [-0.2, -0.15) is 0 Å². The van der Waals surface area contributed by atoms with Gasteiger partial charge in [0.05, 0.1) is 22.9 Å². The van der Waals surface area contributed by atoms with E-state index in [4.69, 9.17) is 23.2 Å². The Hall–Kier alpha value is -1.000. The maximum absolute atomic E-state index is 10.8. The lowest BCUT2D eigenvalue weighted by Crippen LogP contribution is -2.30. The molecule has 0 saturated heterocycles. The third-order valence-corrected chi connectivity index (χ3v) is 3.68. The molecule has 108 valence electrons. The molecule has 0 spiro atoms. The Morgan fingerprint density at radius 3 is 2.65 bits per heavy atom. The minimum absolute atomic E-state index is 0. The van der Waals surface area contributed by atoms with Crippen LogP contribution in [0.2, 0.25) is 10.0 Å². The summed E-state index contributed by atoms with van der Waals surface area (Å²) < 4.78 is 1.81. The van der Waals surface area contributed by atoms with Gasteiger partial charge in [-0.25, -0.2) is 4.98 Å². The van der Waals surface area contributed by atoms with Gasteiger partial charge in [0, 0.05) is 12.4 Å². The summed E-state index contributed by atoms with van der Waals surface area (Å²) in [7, 11) is 0. The van der Waals surface area contributed by atoms with E-state index in [1.54, 1.807) is 43.0 Å². The topological polar surface area (TPSA) is 38.0 Å². The largest absolute Gasteiger partial charge is 0.383 e. The van der Waals surface area contributed by atoms with E-state index >= 15 is 0 Å². The van der Waals surface area contributed by atoms with Gasteiger partial charge in [0.1, 0.15) is 5.60 Å². The van der Waals surface area contributed by atoms with E-state index in [0.717, 1.165) is 0 Å². The van der Waals surface area contributed by atoms with Gasteiger partial charge in [0.25, 0.3) is 0 Å². The van der Waals surface area contributed by atoms with Crippen LogP contribution in [0.25, 0.3) is 0 Å². The van der Waals surface area contributed by atoms with Crippen LogP contribution in [-0.4, -0.2) is 14.7 Å². The Morgan fingerprint density at radius 1 is 1.35 bits per heavy atom. The molecule has 0 aliphatic rings. The highest BCUT2D eigenvalue weighted by Crippen LogP contribution is 2.32. The second-order valence-electron chi connectivity index (χ2n) is 4.39. The van der Waals surface area contributed by atoms with E-state index < -0.39 is 5.60 Å². The molecule has 0 bridgehead atoms. The lowest BCUT2D eigenvalue weighted by Gasteiger charge is -2.28. The van der Waals surface area contributed by atoms with Crippen LogP contribution in [0.15, 0.2) is 49.6 Å². The maximum atomic E-state index is 10.8. The van der Waals surface area contributed by atoms with Gasteiger partial charge in [-0.15, -0.1) is 19.0 Å². The van der Waals surface area contributed by atoms with Crippen LogP contribution in [0.1, 0.15) is 12.0 Å². The van der Waals surface area contributed by atoms with E-state index in [9.17, 15) is 5.11 Å². The molecule has 3 nitrogen and oxygen atoms in total. The number of nitrogens with zero attached hydrogens (tertiary/aromatic N) is 2. The van der Waals surface area contributed by atoms with Crippen molar-refractivity contribution >= 4 is 35.6 Å². The van der Waals surface area contributed by atoms with Gasteiger partial charge >= 0.3 is 0 Å². The van der Waals surface area contributed by atoms with Crippen molar-refractivity contribution < 1.29 is 5.11 Å². The maximum Gasteiger partial charge on any atom is 0.111 e. The molecule has 20 heavy (non-hydrogen) atoms. The highest BCUT2D eigenvalue weighted by Gasteiger charge is 2.29. The molecule has 0 amide bonds. The average molecular weight is 334 g/mol. The van der Waals surface area contributed by atoms with E-state index in [1.165, 1.54) is 0 Å². The molecule has 1 heterocycles. The van der Waals surface area contributed by atoms with Crippen molar-refractivity contribution in [3.8, 4) is 0 Å². The zero-order valence-corrected chi connectivity index (χ0v) is 13.0. The molecule has 1 atom stereocenters. The summed E-state index contributed by atoms with van der Waals surface area (Å²) in [4.78, 5) is 3.97. The Labute approximate surface area is 134 Å². The van der Waals surface area contributed by atoms with Gasteiger partial charge in [0.2, 0.25) is 0 Å². The van der Waals surface area contributed by atoms with Crippen LogP contribution in [0.5, 0.6) is 0 Å². The summed E-state index contributed by atoms with van der Waals surface area (Å²) in [6.45, 7) is 4.07. The molecule has 0 saturated carbocycles. The van der Waals surface area contributed by atoms with Crippen molar-refractivity contribution in [2.45, 2.75) is 18.6 Å². The Morgan fingerprint density at radius 2 is 2.10 bits per heavy atom. The zero-order valence-electron chi connectivity index (χ0n) is 10.7. The number of imidazole rings is 1. The van der Waals surface area contributed by atoms with Crippen LogP contribution >= 0.6 is 35.6 Å². The third kappa shape index (κ3) is 3.76. The van der Waals surface area contributed by atoms with Crippen molar-refractivity contribution in [3.05, 3.63) is 65.2 Å². The average Bonchev–Trinajstić information content (AvgIpc) is 2.85. The number of aliphatic hydroxyl groups is 1. The smallest absolute Gasteiger partial charge is 0.111 e. The van der Waals surface area contributed by atoms with Gasteiger partial charge < -0.3 is 9.67 Å². The van der Waals surface area contributed by atoms with Crippen molar-refractivity contribution in [2.24, 2.45) is 0 Å². The standard InChI is InChI=1S/C14H14Cl2N2O.ClH/c1-2-5-14(19,9-18-7-6-17-10-18)11-3-4-12(15)13(16)8-11;/h2-4,6-8,10,19H,1,5,9H2;1H. The molecule has 0 fully saturated rings. The summed E-state index contributed by atoms with van der Waals surface area (Å²) in [5.41, 5.74) is -0.382. The van der Waals surface area contributed by atoms with E-state index in [1.807, 2.05) is 4.57 Å². The van der Waals surface area contributed by atoms with E-state index in [2.05, 4.69) is 11.6 Å². The number of halogens is 3. The molecule has 0 aliphatic heterocycles. The summed E-state index contributed by atoms with van der Waals surface area (Å²) in [6.07, 6.45) is 7.21. The first-order chi connectivity index (χ1) is 9.05. The molecule has 1 aromatic heterocycles. The minimum atomic E-state index is -1.09. The van der Waals surface area contributed by atoms with Crippen LogP contribution in [0.3, 0.4) is 0 Å². The fraction of sp³-hybridized carbons (Fsp3) is 0.214. The fourth-order valence-corrected chi connectivity index (χ4v) is 2.28. The normalized spacial score (nSPS) is 13.3. The summed E-state index contributed by atoms with van der Waals surface area (Å²) in [5.74, 6) is 0. The van der Waals surface area contributed by atoms with E-state index in [0.29, 0.717) is 28.6 Å². The molecule has 2 rings (SSSR count). The second kappa shape index (κ2) is 7.14. The minimum Gasteiger partial charge on any atom is -0.383 e. The summed E-state index contributed by atoms with van der Waals surface area (Å²) in [6, 6.07) is 5.14. The molecule has 1 N–H and O–H groups in total. The van der Waals surface area contributed by atoms with Crippen molar-refractivity contribution in [2.75, 3.05) is 0 Å². The predicted octanol–water partition coefficient (Wildman–Crippen LogP) is 4.08. The molecule has 6 heteroatoms. The fourth-order valence-electron chi connectivity index (χ4n) is 1.98. The number of benzene rings is 1. The zero-order chi connectivity index (χ0) is 13.9. The molecular formula is C14H15Cl3N2O. The first kappa shape index (κ1) is 17.1. The monoisotopic (exact) mass is 332 g/mol. The Kier molecular flexibility index (Phi) is 6.08. The van der Waals surface area contributed by atoms with Crippen LogP contribution in [0.4, 0.5) is 0 Å². The number of hydrogen-bond donors (Lipinski definition) is 1. The Bertz CT molecular complexity index is 572. The number of hydrogen-bond acceptors (Lipinski definition) is 2. The van der Waals surface area contributed by atoms with Crippen molar-refractivity contribution in [1.29, 1.82) is 0 Å². The summed E-state index contributed by atoms with van der Waals surface area (Å²) in [5, 5.41) is 11.7. The molecule has 0 radical (unpaired) electrons. The lowest BCUT2D eigenvalue weighted by atomic mass is 9.90. The highest BCUT2D eigenvalue weighted by atomic mass is 35.5. The lowest BCUT2D eigenvalue weighted by molar-refractivity contribution is 0.0213. The van der Waals surface area contributed by atoms with Crippen LogP contribution in [-0.2, 0) is 12.1 Å². The van der Waals surface area contributed by atoms with Crippen LogP contribution < -0.4 is 0 Å². The second-order valence-corrected chi connectivity index (χ2v) is 5.20. The van der Waals surface area contributed by atoms with Crippen molar-refractivity contribution in [1.82, 2.24) is 9.55 Å².